The fourth-order valence-electron chi connectivity index (χ4n) is 2.08. The minimum absolute atomic E-state index is 0.167. The molecule has 2 amide bonds. The molecular formula is C13H16N2O4. The zero-order valence-corrected chi connectivity index (χ0v) is 10.5. The van der Waals surface area contributed by atoms with Gasteiger partial charge < -0.3 is 15.5 Å². The van der Waals surface area contributed by atoms with E-state index < -0.39 is 12.2 Å². The molecular weight excluding hydrogens is 248 g/mol. The molecule has 2 aliphatic rings. The molecule has 2 aliphatic heterocycles. The predicted molar refractivity (Wildman–Crippen MR) is 69.1 cm³/mol. The van der Waals surface area contributed by atoms with E-state index in [1.54, 1.807) is 19.1 Å². The van der Waals surface area contributed by atoms with Crippen LogP contribution in [-0.2, 0) is 11.2 Å². The summed E-state index contributed by atoms with van der Waals surface area (Å²) in [4.78, 5) is 21.8. The Hall–Kier alpha value is -2.08. The van der Waals surface area contributed by atoms with Crippen molar-refractivity contribution >= 4 is 17.7 Å². The molecule has 6 heteroatoms. The number of carbonyl (C=O) groups excluding carboxylic acids is 1. The first kappa shape index (κ1) is 13.4. The Morgan fingerprint density at radius 3 is 2.53 bits per heavy atom. The second kappa shape index (κ2) is 5.27. The van der Waals surface area contributed by atoms with Crippen LogP contribution >= 0.6 is 0 Å². The predicted octanol–water partition coefficient (Wildman–Crippen LogP) is 0.593. The van der Waals surface area contributed by atoms with Crippen LogP contribution in [-0.4, -0.2) is 40.9 Å². The van der Waals surface area contributed by atoms with Crippen molar-refractivity contribution in [1.29, 1.82) is 0 Å². The Bertz CT molecular complexity index is 495. The number of para-hydroxylation sites is 1. The van der Waals surface area contributed by atoms with Crippen molar-refractivity contribution in [3.63, 3.8) is 0 Å². The maximum Gasteiger partial charge on any atom is 0.412 e. The number of rotatable bonds is 1. The van der Waals surface area contributed by atoms with Crippen LogP contribution in [0, 0.1) is 0 Å². The fraction of sp³-hybridized carbons (Fsp3) is 0.385. The lowest BCUT2D eigenvalue weighted by Gasteiger charge is -2.24. The quantitative estimate of drug-likeness (QED) is 0.646. The number of nitrogens with one attached hydrogen (secondary N) is 1. The number of anilines is 1. The number of hydrogen-bond donors (Lipinski definition) is 3. The van der Waals surface area contributed by atoms with Gasteiger partial charge in [0.05, 0.1) is 24.4 Å². The van der Waals surface area contributed by atoms with Gasteiger partial charge in [-0.15, -0.1) is 0 Å². The van der Waals surface area contributed by atoms with Crippen molar-refractivity contribution in [2.24, 2.45) is 0 Å². The SMILES string of the molecule is C[C@H](O)C1Cc2ccccc2N1C(=O)O.O=C1CN1. The van der Waals surface area contributed by atoms with Gasteiger partial charge in [-0.25, -0.2) is 4.79 Å². The van der Waals surface area contributed by atoms with E-state index in [0.29, 0.717) is 18.7 Å². The summed E-state index contributed by atoms with van der Waals surface area (Å²) in [5.74, 6) is 0.167. The molecule has 1 aromatic carbocycles. The maximum atomic E-state index is 11.1. The van der Waals surface area contributed by atoms with Gasteiger partial charge >= 0.3 is 6.09 Å². The second-order valence-corrected chi connectivity index (χ2v) is 4.57. The summed E-state index contributed by atoms with van der Waals surface area (Å²) in [7, 11) is 0. The Morgan fingerprint density at radius 1 is 1.47 bits per heavy atom. The zero-order valence-electron chi connectivity index (χ0n) is 10.5. The van der Waals surface area contributed by atoms with Gasteiger partial charge in [0.1, 0.15) is 0 Å². The molecule has 0 aromatic heterocycles. The smallest absolute Gasteiger partial charge is 0.412 e. The number of fused-ring (bicyclic) bond motifs is 1. The lowest BCUT2D eigenvalue weighted by atomic mass is 10.1. The monoisotopic (exact) mass is 264 g/mol. The standard InChI is InChI=1S/C11H13NO3.C2H3NO/c1-7(13)10-6-8-4-2-3-5-9(8)12(10)11(14)15;4-2-1-3-2/h2-5,7,10,13H,6H2,1H3,(H,14,15);1H2,(H,3,4)/t7-,10?;/m0./s1. The first-order chi connectivity index (χ1) is 9.00. The lowest BCUT2D eigenvalue weighted by Crippen LogP contribution is -2.43. The van der Waals surface area contributed by atoms with Crippen molar-refractivity contribution in [3.8, 4) is 0 Å². The summed E-state index contributed by atoms with van der Waals surface area (Å²) in [6.45, 7) is 2.21. The molecule has 1 saturated heterocycles. The molecule has 1 aromatic rings. The van der Waals surface area contributed by atoms with Gasteiger partial charge in [-0.1, -0.05) is 18.2 Å². The molecule has 0 spiro atoms. The highest BCUT2D eigenvalue weighted by Crippen LogP contribution is 2.33. The number of aliphatic hydroxyl groups excluding tert-OH is 1. The Morgan fingerprint density at radius 2 is 2.05 bits per heavy atom. The summed E-state index contributed by atoms with van der Waals surface area (Å²) >= 11 is 0. The largest absolute Gasteiger partial charge is 0.465 e. The number of carboxylic acid groups (broad SMARTS) is 1. The van der Waals surface area contributed by atoms with E-state index in [1.165, 1.54) is 4.90 Å². The molecule has 19 heavy (non-hydrogen) atoms. The molecule has 3 rings (SSSR count). The fourth-order valence-corrected chi connectivity index (χ4v) is 2.08. The van der Waals surface area contributed by atoms with Gasteiger partial charge in [0, 0.05) is 0 Å². The average Bonchev–Trinajstić information content (AvgIpc) is 3.03. The number of carbonyl (C=O) groups is 2. The van der Waals surface area contributed by atoms with Crippen LogP contribution in [0.25, 0.3) is 0 Å². The van der Waals surface area contributed by atoms with Gasteiger partial charge in [0.2, 0.25) is 5.91 Å². The lowest BCUT2D eigenvalue weighted by molar-refractivity contribution is -0.110. The van der Waals surface area contributed by atoms with Crippen molar-refractivity contribution in [1.82, 2.24) is 5.32 Å². The molecule has 0 radical (unpaired) electrons. The van der Waals surface area contributed by atoms with Crippen molar-refractivity contribution < 1.29 is 19.8 Å². The molecule has 0 aliphatic carbocycles. The van der Waals surface area contributed by atoms with E-state index in [-0.39, 0.29) is 11.9 Å². The van der Waals surface area contributed by atoms with Crippen molar-refractivity contribution in [3.05, 3.63) is 29.8 Å². The summed E-state index contributed by atoms with van der Waals surface area (Å²) in [5, 5.41) is 21.1. The van der Waals surface area contributed by atoms with Crippen LogP contribution in [0.2, 0.25) is 0 Å². The highest BCUT2D eigenvalue weighted by atomic mass is 16.4. The highest BCUT2D eigenvalue weighted by molar-refractivity contribution is 5.92. The zero-order chi connectivity index (χ0) is 14.0. The normalized spacial score (nSPS) is 20.8. The summed E-state index contributed by atoms with van der Waals surface area (Å²) in [6, 6.07) is 6.99. The third-order valence-corrected chi connectivity index (χ3v) is 3.10. The van der Waals surface area contributed by atoms with E-state index >= 15 is 0 Å². The summed E-state index contributed by atoms with van der Waals surface area (Å²) < 4.78 is 0. The number of amides is 2. The van der Waals surface area contributed by atoms with Crippen LogP contribution in [0.3, 0.4) is 0 Å². The third-order valence-electron chi connectivity index (χ3n) is 3.10. The molecule has 2 heterocycles. The minimum Gasteiger partial charge on any atom is -0.465 e. The molecule has 3 N–H and O–H groups in total. The van der Waals surface area contributed by atoms with Crippen LogP contribution < -0.4 is 10.2 Å². The molecule has 6 nitrogen and oxygen atoms in total. The van der Waals surface area contributed by atoms with E-state index in [4.69, 9.17) is 5.11 Å². The first-order valence-corrected chi connectivity index (χ1v) is 6.05. The number of benzene rings is 1. The Balaban J connectivity index is 0.000000284. The molecule has 2 atom stereocenters. The summed E-state index contributed by atoms with van der Waals surface area (Å²) in [5.41, 5.74) is 1.67. The average molecular weight is 264 g/mol. The Kier molecular flexibility index (Phi) is 3.71. The van der Waals surface area contributed by atoms with Crippen molar-refractivity contribution in [2.75, 3.05) is 11.4 Å². The Labute approximate surface area is 110 Å². The minimum atomic E-state index is -1.01. The van der Waals surface area contributed by atoms with Crippen LogP contribution in [0.15, 0.2) is 24.3 Å². The molecule has 0 saturated carbocycles. The molecule has 1 fully saturated rings. The third kappa shape index (κ3) is 3.03. The van der Waals surface area contributed by atoms with E-state index in [9.17, 15) is 14.7 Å². The van der Waals surface area contributed by atoms with E-state index in [1.807, 2.05) is 12.1 Å². The van der Waals surface area contributed by atoms with Gasteiger partial charge in [0.25, 0.3) is 0 Å². The molecule has 0 bridgehead atoms. The molecule has 102 valence electrons. The highest BCUT2D eigenvalue weighted by Gasteiger charge is 2.36. The number of hydrogen-bond acceptors (Lipinski definition) is 3. The number of aliphatic hydroxyl groups is 1. The van der Waals surface area contributed by atoms with Gasteiger partial charge in [-0.3, -0.25) is 9.69 Å². The number of nitrogens with zero attached hydrogens (tertiary/aromatic N) is 1. The van der Waals surface area contributed by atoms with Crippen LogP contribution in [0.5, 0.6) is 0 Å². The van der Waals surface area contributed by atoms with E-state index in [0.717, 1.165) is 5.56 Å². The molecule has 1 unspecified atom stereocenters. The van der Waals surface area contributed by atoms with Gasteiger partial charge in [-0.2, -0.15) is 0 Å². The van der Waals surface area contributed by atoms with Gasteiger partial charge in [0.15, 0.2) is 0 Å². The second-order valence-electron chi connectivity index (χ2n) is 4.57. The van der Waals surface area contributed by atoms with Crippen molar-refractivity contribution in [2.45, 2.75) is 25.5 Å². The van der Waals surface area contributed by atoms with Gasteiger partial charge in [-0.05, 0) is 25.0 Å². The van der Waals surface area contributed by atoms with Crippen LogP contribution in [0.1, 0.15) is 12.5 Å². The topological polar surface area (TPSA) is 99.8 Å². The van der Waals surface area contributed by atoms with Crippen LogP contribution in [0.4, 0.5) is 10.5 Å². The summed E-state index contributed by atoms with van der Waals surface area (Å²) in [6.07, 6.45) is -1.08. The maximum absolute atomic E-state index is 11.1. The van der Waals surface area contributed by atoms with E-state index in [2.05, 4.69) is 5.32 Å². The first-order valence-electron chi connectivity index (χ1n) is 6.05.